The largest absolute Gasteiger partial charge is 0.339 e. The molecule has 3 rings (SSSR count). The third kappa shape index (κ3) is 6.30. The minimum Gasteiger partial charge on any atom is -0.339 e. The Morgan fingerprint density at radius 3 is 2.35 bits per heavy atom. The van der Waals surface area contributed by atoms with Crippen LogP contribution in [0.25, 0.3) is 0 Å². The molecule has 2 aromatic rings. The summed E-state index contributed by atoms with van der Waals surface area (Å²) in [5.74, 6) is 1.18. The van der Waals surface area contributed by atoms with Gasteiger partial charge >= 0.3 is 0 Å². The Hall–Kier alpha value is -2.39. The average molecular weight is 445 g/mol. The van der Waals surface area contributed by atoms with Crippen LogP contribution >= 0.6 is 11.8 Å². The Bertz CT molecular complexity index is 908. The molecule has 1 fully saturated rings. The maximum atomic E-state index is 12.6. The van der Waals surface area contributed by atoms with Crippen LogP contribution in [0.15, 0.2) is 23.4 Å². The topological polar surface area (TPSA) is 94.2 Å². The first-order chi connectivity index (χ1) is 14.6. The number of aromatic amines is 1. The molecule has 2 amide bonds. The normalized spacial score (nSPS) is 15.2. The van der Waals surface area contributed by atoms with E-state index in [0.717, 1.165) is 22.6 Å². The Labute approximate surface area is 188 Å². The molecule has 0 spiro atoms. The van der Waals surface area contributed by atoms with Crippen molar-refractivity contribution >= 4 is 29.3 Å². The van der Waals surface area contributed by atoms with Gasteiger partial charge in [0.05, 0.1) is 12.3 Å². The zero-order valence-corrected chi connectivity index (χ0v) is 19.8. The first-order valence-electron chi connectivity index (χ1n) is 10.6. The first kappa shape index (κ1) is 23.3. The number of anilines is 1. The van der Waals surface area contributed by atoms with Gasteiger partial charge in [0.2, 0.25) is 17.0 Å². The van der Waals surface area contributed by atoms with E-state index in [1.54, 1.807) is 0 Å². The summed E-state index contributed by atoms with van der Waals surface area (Å²) in [7, 11) is 0. The van der Waals surface area contributed by atoms with Gasteiger partial charge in [0.25, 0.3) is 0 Å². The Morgan fingerprint density at radius 1 is 1.13 bits per heavy atom. The second-order valence-electron chi connectivity index (χ2n) is 8.98. The first-order valence-corrected chi connectivity index (χ1v) is 11.5. The smallest absolute Gasteiger partial charge is 0.238 e. The third-order valence-electron chi connectivity index (χ3n) is 5.34. The number of carbonyl (C=O) groups excluding carboxylic acids is 2. The number of aromatic nitrogens is 3. The van der Waals surface area contributed by atoms with Crippen molar-refractivity contribution in [1.29, 1.82) is 0 Å². The average Bonchev–Trinajstić information content (AvgIpc) is 3.19. The van der Waals surface area contributed by atoms with Crippen LogP contribution in [0.5, 0.6) is 0 Å². The molecule has 1 aromatic heterocycles. The predicted molar refractivity (Wildman–Crippen MR) is 123 cm³/mol. The van der Waals surface area contributed by atoms with Gasteiger partial charge in [-0.1, -0.05) is 50.7 Å². The fourth-order valence-electron chi connectivity index (χ4n) is 3.41. The number of para-hydroxylation sites is 1. The molecule has 2 N–H and O–H groups in total. The second kappa shape index (κ2) is 9.82. The van der Waals surface area contributed by atoms with E-state index in [2.05, 4.69) is 46.2 Å². The van der Waals surface area contributed by atoms with Gasteiger partial charge < -0.3 is 10.2 Å². The summed E-state index contributed by atoms with van der Waals surface area (Å²) in [4.78, 5) is 33.4. The maximum absolute atomic E-state index is 12.6. The fourth-order valence-corrected chi connectivity index (χ4v) is 4.11. The highest BCUT2D eigenvalue weighted by Gasteiger charge is 2.24. The number of piperazine rings is 1. The van der Waals surface area contributed by atoms with Crippen LogP contribution in [0.4, 0.5) is 5.69 Å². The van der Waals surface area contributed by atoms with Crippen molar-refractivity contribution in [2.45, 2.75) is 45.2 Å². The van der Waals surface area contributed by atoms with E-state index in [1.807, 2.05) is 36.9 Å². The predicted octanol–water partition coefficient (Wildman–Crippen LogP) is 2.59. The molecule has 1 saturated heterocycles. The van der Waals surface area contributed by atoms with Crippen molar-refractivity contribution in [3.8, 4) is 0 Å². The number of benzene rings is 1. The summed E-state index contributed by atoms with van der Waals surface area (Å²) in [6, 6.07) is 5.97. The van der Waals surface area contributed by atoms with Crippen molar-refractivity contribution in [3.05, 3.63) is 35.2 Å². The number of hydrogen-bond donors (Lipinski definition) is 2. The minimum absolute atomic E-state index is 0.0213. The van der Waals surface area contributed by atoms with Crippen molar-refractivity contribution < 1.29 is 9.59 Å². The van der Waals surface area contributed by atoms with E-state index in [-0.39, 0.29) is 17.2 Å². The lowest BCUT2D eigenvalue weighted by Crippen LogP contribution is -2.50. The molecule has 0 radical (unpaired) electrons. The molecule has 0 bridgehead atoms. The van der Waals surface area contributed by atoms with Crippen molar-refractivity contribution in [1.82, 2.24) is 25.0 Å². The molecule has 168 valence electrons. The lowest BCUT2D eigenvalue weighted by Gasteiger charge is -2.34. The van der Waals surface area contributed by atoms with Crippen molar-refractivity contribution in [2.75, 3.05) is 43.8 Å². The summed E-state index contributed by atoms with van der Waals surface area (Å²) in [5, 5.41) is 10.8. The van der Waals surface area contributed by atoms with Gasteiger partial charge in [-0.2, -0.15) is 0 Å². The van der Waals surface area contributed by atoms with E-state index in [1.165, 1.54) is 11.8 Å². The molecule has 1 aromatic carbocycles. The molecule has 8 nitrogen and oxygen atoms in total. The number of nitrogens with one attached hydrogen (secondary N) is 2. The number of rotatable bonds is 6. The standard InChI is InChI=1S/C22H32N6O2S/c1-15-7-6-8-16(2)19(15)23-17(29)13-27-9-11-28(12-10-27)18(30)14-31-21-24-20(25-26-21)22(3,4)5/h6-8H,9-14H2,1-5H3,(H,23,29)(H,24,25,26). The van der Waals surface area contributed by atoms with Crippen LogP contribution < -0.4 is 5.32 Å². The van der Waals surface area contributed by atoms with Gasteiger partial charge in [0.1, 0.15) is 5.82 Å². The second-order valence-corrected chi connectivity index (χ2v) is 9.92. The summed E-state index contributed by atoms with van der Waals surface area (Å²) in [6.45, 7) is 13.1. The number of aryl methyl sites for hydroxylation is 2. The van der Waals surface area contributed by atoms with Gasteiger partial charge in [-0.15, -0.1) is 5.10 Å². The molecule has 1 aliphatic heterocycles. The number of thioether (sulfide) groups is 1. The number of hydrogen-bond acceptors (Lipinski definition) is 6. The zero-order valence-electron chi connectivity index (χ0n) is 19.0. The highest BCUT2D eigenvalue weighted by atomic mass is 32.2. The lowest BCUT2D eigenvalue weighted by molar-refractivity contribution is -0.130. The number of H-pyrrole nitrogens is 1. The highest BCUT2D eigenvalue weighted by molar-refractivity contribution is 7.99. The molecule has 0 aliphatic carbocycles. The number of nitrogens with zero attached hydrogens (tertiary/aromatic N) is 4. The molecule has 9 heteroatoms. The molecular weight excluding hydrogens is 412 g/mol. The minimum atomic E-state index is -0.101. The molecular formula is C22H32N6O2S. The summed E-state index contributed by atoms with van der Waals surface area (Å²) in [5.41, 5.74) is 2.90. The number of amides is 2. The van der Waals surface area contributed by atoms with Crippen LogP contribution in [-0.2, 0) is 15.0 Å². The van der Waals surface area contributed by atoms with E-state index in [9.17, 15) is 9.59 Å². The lowest BCUT2D eigenvalue weighted by atomic mass is 9.96. The van der Waals surface area contributed by atoms with Crippen LogP contribution in [0.1, 0.15) is 37.7 Å². The quantitative estimate of drug-likeness (QED) is 0.665. The van der Waals surface area contributed by atoms with Gasteiger partial charge in [-0.05, 0) is 25.0 Å². The molecule has 1 aliphatic rings. The van der Waals surface area contributed by atoms with E-state index >= 15 is 0 Å². The third-order valence-corrected chi connectivity index (χ3v) is 6.17. The van der Waals surface area contributed by atoms with Crippen LogP contribution in [-0.4, -0.2) is 75.3 Å². The SMILES string of the molecule is Cc1cccc(C)c1NC(=O)CN1CCN(C(=O)CSc2n[nH]c(C(C)(C)C)n2)CC1. The van der Waals surface area contributed by atoms with Gasteiger partial charge in [-0.25, -0.2) is 4.98 Å². The Balaban J connectivity index is 1.42. The van der Waals surface area contributed by atoms with E-state index in [4.69, 9.17) is 0 Å². The van der Waals surface area contributed by atoms with Crippen molar-refractivity contribution in [2.24, 2.45) is 0 Å². The van der Waals surface area contributed by atoms with E-state index in [0.29, 0.717) is 43.6 Å². The monoisotopic (exact) mass is 444 g/mol. The summed E-state index contributed by atoms with van der Waals surface area (Å²) < 4.78 is 0. The van der Waals surface area contributed by atoms with Gasteiger partial charge in [-0.3, -0.25) is 19.6 Å². The highest BCUT2D eigenvalue weighted by Crippen LogP contribution is 2.22. The molecule has 0 unspecified atom stereocenters. The van der Waals surface area contributed by atoms with E-state index < -0.39 is 0 Å². The summed E-state index contributed by atoms with van der Waals surface area (Å²) >= 11 is 1.35. The van der Waals surface area contributed by atoms with Gasteiger partial charge in [0, 0.05) is 37.3 Å². The maximum Gasteiger partial charge on any atom is 0.238 e. The summed E-state index contributed by atoms with van der Waals surface area (Å²) in [6.07, 6.45) is 0. The zero-order chi connectivity index (χ0) is 22.6. The van der Waals surface area contributed by atoms with Gasteiger partial charge in [0.15, 0.2) is 0 Å². The fraction of sp³-hybridized carbons (Fsp3) is 0.545. The molecule has 31 heavy (non-hydrogen) atoms. The Kier molecular flexibility index (Phi) is 7.38. The van der Waals surface area contributed by atoms with Crippen LogP contribution in [0.2, 0.25) is 0 Å². The van der Waals surface area contributed by atoms with Crippen LogP contribution in [0.3, 0.4) is 0 Å². The van der Waals surface area contributed by atoms with Crippen molar-refractivity contribution in [3.63, 3.8) is 0 Å². The molecule has 0 atom stereocenters. The van der Waals surface area contributed by atoms with Crippen LogP contribution in [0, 0.1) is 13.8 Å². The molecule has 0 saturated carbocycles. The number of carbonyl (C=O) groups is 2. The molecule has 2 heterocycles. The Morgan fingerprint density at radius 2 is 1.77 bits per heavy atom.